The number of para-hydroxylation sites is 1. The second-order valence-corrected chi connectivity index (χ2v) is 6.81. The fourth-order valence-corrected chi connectivity index (χ4v) is 3.74. The molecule has 0 aliphatic heterocycles. The van der Waals surface area contributed by atoms with Gasteiger partial charge in [0.15, 0.2) is 0 Å². The first kappa shape index (κ1) is 17.1. The van der Waals surface area contributed by atoms with Crippen LogP contribution in [0.1, 0.15) is 16.8 Å². The highest BCUT2D eigenvalue weighted by Crippen LogP contribution is 2.28. The minimum atomic E-state index is -0.799. The van der Waals surface area contributed by atoms with E-state index in [2.05, 4.69) is 41.0 Å². The molecule has 0 bridgehead atoms. The number of hydrogen-bond donors (Lipinski definition) is 1. The summed E-state index contributed by atoms with van der Waals surface area (Å²) in [5, 5.41) is 10.4. The maximum atomic E-state index is 11.4. The molecular formula is C24H21NO2. The Balaban J connectivity index is 1.71. The second-order valence-electron chi connectivity index (χ2n) is 6.81. The topological polar surface area (TPSA) is 42.2 Å². The number of carbonyl (C=O) groups is 1. The molecule has 4 rings (SSSR count). The van der Waals surface area contributed by atoms with E-state index >= 15 is 0 Å². The zero-order valence-electron chi connectivity index (χ0n) is 15.2. The van der Waals surface area contributed by atoms with Crippen LogP contribution in [0, 0.1) is 0 Å². The van der Waals surface area contributed by atoms with Gasteiger partial charge in [-0.3, -0.25) is 4.79 Å². The first-order valence-electron chi connectivity index (χ1n) is 9.05. The molecule has 0 spiro atoms. The number of aliphatic carboxylic acids is 1. The van der Waals surface area contributed by atoms with Crippen LogP contribution in [0.2, 0.25) is 0 Å². The minimum Gasteiger partial charge on any atom is -0.481 e. The van der Waals surface area contributed by atoms with Crippen LogP contribution in [0.25, 0.3) is 22.0 Å². The van der Waals surface area contributed by atoms with E-state index in [1.807, 2.05) is 49.5 Å². The first-order valence-corrected chi connectivity index (χ1v) is 9.05. The molecule has 4 aromatic rings. The van der Waals surface area contributed by atoms with Gasteiger partial charge in [-0.2, -0.15) is 0 Å². The Labute approximate surface area is 158 Å². The smallest absolute Gasteiger partial charge is 0.307 e. The highest BCUT2D eigenvalue weighted by atomic mass is 16.4. The Bertz CT molecular complexity index is 1090. The van der Waals surface area contributed by atoms with Gasteiger partial charge in [-0.25, -0.2) is 0 Å². The van der Waals surface area contributed by atoms with E-state index < -0.39 is 5.97 Å². The third-order valence-electron chi connectivity index (χ3n) is 5.10. The van der Waals surface area contributed by atoms with E-state index in [0.717, 1.165) is 22.2 Å². The molecule has 3 aromatic carbocycles. The predicted molar refractivity (Wildman–Crippen MR) is 109 cm³/mol. The van der Waals surface area contributed by atoms with Crippen LogP contribution in [-0.2, 0) is 24.7 Å². The van der Waals surface area contributed by atoms with E-state index in [0.29, 0.717) is 6.42 Å². The van der Waals surface area contributed by atoms with Crippen LogP contribution in [0.15, 0.2) is 78.9 Å². The molecule has 0 fully saturated rings. The molecule has 0 amide bonds. The zero-order valence-corrected chi connectivity index (χ0v) is 15.2. The number of carboxylic acids is 1. The van der Waals surface area contributed by atoms with Gasteiger partial charge >= 0.3 is 5.97 Å². The molecular weight excluding hydrogens is 334 g/mol. The summed E-state index contributed by atoms with van der Waals surface area (Å²) < 4.78 is 2.12. The van der Waals surface area contributed by atoms with Crippen LogP contribution in [-0.4, -0.2) is 15.6 Å². The molecule has 3 nitrogen and oxygen atoms in total. The van der Waals surface area contributed by atoms with E-state index in [4.69, 9.17) is 0 Å². The molecule has 27 heavy (non-hydrogen) atoms. The highest BCUT2D eigenvalue weighted by Gasteiger charge is 2.17. The van der Waals surface area contributed by atoms with Gasteiger partial charge in [-0.15, -0.1) is 0 Å². The lowest BCUT2D eigenvalue weighted by Crippen LogP contribution is -2.05. The minimum absolute atomic E-state index is 0.0405. The fourth-order valence-electron chi connectivity index (χ4n) is 3.74. The Morgan fingerprint density at radius 1 is 0.852 bits per heavy atom. The lowest BCUT2D eigenvalue weighted by molar-refractivity contribution is -0.136. The maximum absolute atomic E-state index is 11.4. The Morgan fingerprint density at radius 3 is 2.19 bits per heavy atom. The summed E-state index contributed by atoms with van der Waals surface area (Å²) in [4.78, 5) is 11.4. The van der Waals surface area contributed by atoms with Gasteiger partial charge < -0.3 is 9.67 Å². The van der Waals surface area contributed by atoms with E-state index in [-0.39, 0.29) is 6.42 Å². The third-order valence-corrected chi connectivity index (χ3v) is 5.10. The average molecular weight is 355 g/mol. The number of rotatable bonds is 5. The van der Waals surface area contributed by atoms with E-state index in [9.17, 15) is 9.90 Å². The van der Waals surface area contributed by atoms with E-state index in [1.54, 1.807) is 0 Å². The fraction of sp³-hybridized carbons (Fsp3) is 0.125. The van der Waals surface area contributed by atoms with Gasteiger partial charge in [-0.05, 0) is 28.3 Å². The molecule has 0 unspecified atom stereocenters. The number of carboxylic acid groups (broad SMARTS) is 1. The number of benzene rings is 3. The maximum Gasteiger partial charge on any atom is 0.307 e. The van der Waals surface area contributed by atoms with Gasteiger partial charge in [0, 0.05) is 30.1 Å². The van der Waals surface area contributed by atoms with Crippen LogP contribution in [0.4, 0.5) is 0 Å². The Hall–Kier alpha value is -3.33. The van der Waals surface area contributed by atoms with Gasteiger partial charge in [0.05, 0.1) is 6.42 Å². The lowest BCUT2D eigenvalue weighted by atomic mass is 9.99. The Morgan fingerprint density at radius 2 is 1.48 bits per heavy atom. The number of fused-ring (bicyclic) bond motifs is 1. The molecule has 0 atom stereocenters. The van der Waals surface area contributed by atoms with Crippen LogP contribution < -0.4 is 0 Å². The molecule has 0 aliphatic carbocycles. The number of aromatic nitrogens is 1. The lowest BCUT2D eigenvalue weighted by Gasteiger charge is -2.09. The standard InChI is InChI=1S/C24H21NO2/c1-25-22-10-6-5-9-20(22)21(16-24(26)27)23(25)15-17-11-13-19(14-12-17)18-7-3-2-4-8-18/h2-14H,15-16H2,1H3,(H,26,27). The Kier molecular flexibility index (Phi) is 4.51. The van der Waals surface area contributed by atoms with Crippen molar-refractivity contribution in [1.82, 2.24) is 4.57 Å². The summed E-state index contributed by atoms with van der Waals surface area (Å²) in [6.45, 7) is 0. The molecule has 1 heterocycles. The zero-order chi connectivity index (χ0) is 18.8. The predicted octanol–water partition coefficient (Wildman–Crippen LogP) is 5.06. The number of hydrogen-bond acceptors (Lipinski definition) is 1. The molecule has 0 saturated carbocycles. The summed E-state index contributed by atoms with van der Waals surface area (Å²) in [5.41, 5.74) is 6.60. The summed E-state index contributed by atoms with van der Waals surface area (Å²) in [6, 6.07) is 26.8. The van der Waals surface area contributed by atoms with Crippen molar-refractivity contribution < 1.29 is 9.90 Å². The summed E-state index contributed by atoms with van der Waals surface area (Å²) in [6.07, 6.45) is 0.752. The SMILES string of the molecule is Cn1c(Cc2ccc(-c3ccccc3)cc2)c(CC(=O)O)c2ccccc21. The van der Waals surface area contributed by atoms with Gasteiger partial charge in [0.25, 0.3) is 0 Å². The normalized spacial score (nSPS) is 11.0. The molecule has 0 saturated heterocycles. The molecule has 0 aliphatic rings. The quantitative estimate of drug-likeness (QED) is 0.543. The molecule has 0 radical (unpaired) electrons. The molecule has 134 valence electrons. The second kappa shape index (κ2) is 7.12. The number of aryl methyl sites for hydroxylation is 1. The largest absolute Gasteiger partial charge is 0.481 e. The van der Waals surface area contributed by atoms with Crippen molar-refractivity contribution in [3.8, 4) is 11.1 Å². The highest BCUT2D eigenvalue weighted by molar-refractivity contribution is 5.89. The molecule has 1 N–H and O–H groups in total. The monoisotopic (exact) mass is 355 g/mol. The van der Waals surface area contributed by atoms with Crippen molar-refractivity contribution in [3.63, 3.8) is 0 Å². The van der Waals surface area contributed by atoms with Crippen molar-refractivity contribution in [3.05, 3.63) is 95.7 Å². The van der Waals surface area contributed by atoms with Crippen LogP contribution >= 0.6 is 0 Å². The van der Waals surface area contributed by atoms with Crippen molar-refractivity contribution in [2.24, 2.45) is 7.05 Å². The third kappa shape index (κ3) is 3.36. The first-order chi connectivity index (χ1) is 13.1. The average Bonchev–Trinajstić information content (AvgIpc) is 2.95. The van der Waals surface area contributed by atoms with E-state index in [1.165, 1.54) is 16.7 Å². The number of nitrogens with zero attached hydrogens (tertiary/aromatic N) is 1. The van der Waals surface area contributed by atoms with Crippen molar-refractivity contribution in [1.29, 1.82) is 0 Å². The molecule has 3 heteroatoms. The summed E-state index contributed by atoms with van der Waals surface area (Å²) in [5.74, 6) is -0.799. The van der Waals surface area contributed by atoms with Crippen LogP contribution in [0.3, 0.4) is 0 Å². The van der Waals surface area contributed by atoms with Crippen molar-refractivity contribution in [2.75, 3.05) is 0 Å². The van der Waals surface area contributed by atoms with Crippen molar-refractivity contribution >= 4 is 16.9 Å². The van der Waals surface area contributed by atoms with Crippen molar-refractivity contribution in [2.45, 2.75) is 12.8 Å². The van der Waals surface area contributed by atoms with Crippen LogP contribution in [0.5, 0.6) is 0 Å². The molecule has 1 aromatic heterocycles. The van der Waals surface area contributed by atoms with Gasteiger partial charge in [-0.1, -0.05) is 72.8 Å². The van der Waals surface area contributed by atoms with Gasteiger partial charge in [0.1, 0.15) is 0 Å². The summed E-state index contributed by atoms with van der Waals surface area (Å²) >= 11 is 0. The van der Waals surface area contributed by atoms with Gasteiger partial charge in [0.2, 0.25) is 0 Å². The summed E-state index contributed by atoms with van der Waals surface area (Å²) in [7, 11) is 2.02.